The van der Waals surface area contributed by atoms with Crippen LogP contribution in [-0.2, 0) is 19.1 Å². The number of hydrogen-bond donors (Lipinski definition) is 0. The Bertz CT molecular complexity index is 494. The molecule has 0 aliphatic heterocycles. The zero-order valence-corrected chi connectivity index (χ0v) is 15.1. The van der Waals surface area contributed by atoms with Crippen molar-refractivity contribution in [2.75, 3.05) is 24.7 Å². The van der Waals surface area contributed by atoms with Crippen molar-refractivity contribution in [2.45, 2.75) is 23.6 Å². The van der Waals surface area contributed by atoms with Gasteiger partial charge in [0.05, 0.1) is 24.7 Å². The monoisotopic (exact) mass is 392 g/mol. The summed E-state index contributed by atoms with van der Waals surface area (Å²) in [4.78, 5) is 24.6. The lowest BCUT2D eigenvalue weighted by molar-refractivity contribution is -0.140. The van der Waals surface area contributed by atoms with Crippen LogP contribution in [0.1, 0.15) is 13.8 Å². The molecular weight excluding hydrogens is 376 g/mol. The smallest absolute Gasteiger partial charge is 0.316 e. The van der Waals surface area contributed by atoms with Gasteiger partial charge in [0.1, 0.15) is 0 Å². The third-order valence-corrected chi connectivity index (χ3v) is 5.17. The maximum Gasteiger partial charge on any atom is 0.316 e. The Balaban J connectivity index is 2.58. The van der Waals surface area contributed by atoms with Gasteiger partial charge in [-0.2, -0.15) is 0 Å². The first-order chi connectivity index (χ1) is 10.1. The van der Waals surface area contributed by atoms with Crippen molar-refractivity contribution in [3.63, 3.8) is 0 Å². The van der Waals surface area contributed by atoms with Gasteiger partial charge in [-0.1, -0.05) is 0 Å². The van der Waals surface area contributed by atoms with E-state index in [9.17, 15) is 9.59 Å². The molecule has 0 atom stereocenters. The van der Waals surface area contributed by atoms with Crippen molar-refractivity contribution >= 4 is 51.4 Å². The highest BCUT2D eigenvalue weighted by atomic mass is 79.9. The van der Waals surface area contributed by atoms with Gasteiger partial charge in [-0.05, 0) is 48.0 Å². The van der Waals surface area contributed by atoms with Crippen LogP contribution < -0.4 is 0 Å². The van der Waals surface area contributed by atoms with Crippen LogP contribution in [0.4, 0.5) is 0 Å². The summed E-state index contributed by atoms with van der Waals surface area (Å²) < 4.78 is 10.7. The van der Waals surface area contributed by atoms with Gasteiger partial charge in [0.2, 0.25) is 0 Å². The molecule has 21 heavy (non-hydrogen) atoms. The second-order valence-corrected chi connectivity index (χ2v) is 6.70. The molecule has 0 aliphatic rings. The second kappa shape index (κ2) is 10.1. The van der Waals surface area contributed by atoms with E-state index in [1.807, 2.05) is 18.2 Å². The summed E-state index contributed by atoms with van der Waals surface area (Å²) in [6.45, 7) is 4.34. The summed E-state index contributed by atoms with van der Waals surface area (Å²) in [5, 5.41) is 0. The quantitative estimate of drug-likeness (QED) is 0.495. The van der Waals surface area contributed by atoms with Crippen LogP contribution in [0.2, 0.25) is 0 Å². The number of rotatable bonds is 8. The van der Waals surface area contributed by atoms with Crippen molar-refractivity contribution in [1.29, 1.82) is 0 Å². The third kappa shape index (κ3) is 7.24. The van der Waals surface area contributed by atoms with Crippen LogP contribution in [0, 0.1) is 0 Å². The number of benzene rings is 1. The number of ether oxygens (including phenoxy) is 2. The Labute approximate surface area is 141 Å². The highest BCUT2D eigenvalue weighted by molar-refractivity contribution is 9.10. The van der Waals surface area contributed by atoms with E-state index < -0.39 is 0 Å². The second-order valence-electron chi connectivity index (χ2n) is 3.78. The summed E-state index contributed by atoms with van der Waals surface area (Å²) in [7, 11) is 0. The van der Waals surface area contributed by atoms with Gasteiger partial charge in [0.25, 0.3) is 0 Å². The van der Waals surface area contributed by atoms with Crippen LogP contribution in [0.5, 0.6) is 0 Å². The Morgan fingerprint density at radius 2 is 1.62 bits per heavy atom. The molecule has 0 bridgehead atoms. The molecule has 1 rings (SSSR count). The van der Waals surface area contributed by atoms with Crippen molar-refractivity contribution in [2.24, 2.45) is 0 Å². The van der Waals surface area contributed by atoms with E-state index in [1.165, 1.54) is 23.5 Å². The zero-order chi connectivity index (χ0) is 15.7. The maximum absolute atomic E-state index is 11.4. The minimum Gasteiger partial charge on any atom is -0.465 e. The highest BCUT2D eigenvalue weighted by Crippen LogP contribution is 2.32. The zero-order valence-electron chi connectivity index (χ0n) is 11.9. The van der Waals surface area contributed by atoms with E-state index in [4.69, 9.17) is 9.47 Å². The summed E-state index contributed by atoms with van der Waals surface area (Å²) in [5.41, 5.74) is 0. The largest absolute Gasteiger partial charge is 0.465 e. The first-order valence-electron chi connectivity index (χ1n) is 6.43. The van der Waals surface area contributed by atoms with Crippen molar-refractivity contribution in [3.05, 3.63) is 22.7 Å². The Morgan fingerprint density at radius 3 is 2.19 bits per heavy atom. The summed E-state index contributed by atoms with van der Waals surface area (Å²) >= 11 is 6.26. The third-order valence-electron chi connectivity index (χ3n) is 2.22. The van der Waals surface area contributed by atoms with Gasteiger partial charge in [0.15, 0.2) is 0 Å². The summed E-state index contributed by atoms with van der Waals surface area (Å²) in [6.07, 6.45) is 0. The first kappa shape index (κ1) is 18.4. The molecule has 1 aromatic rings. The molecule has 0 radical (unpaired) electrons. The fourth-order valence-electron chi connectivity index (χ4n) is 1.37. The Kier molecular flexibility index (Phi) is 8.87. The molecule has 0 amide bonds. The number of hydrogen-bond acceptors (Lipinski definition) is 6. The number of esters is 2. The van der Waals surface area contributed by atoms with E-state index in [0.29, 0.717) is 13.2 Å². The minimum atomic E-state index is -0.237. The lowest BCUT2D eigenvalue weighted by atomic mass is 10.4. The van der Waals surface area contributed by atoms with Crippen LogP contribution in [0.15, 0.2) is 32.5 Å². The predicted octanol–water partition coefficient (Wildman–Crippen LogP) is 3.76. The molecule has 0 aromatic heterocycles. The molecule has 1 aromatic carbocycles. The normalized spacial score (nSPS) is 10.2. The molecule has 0 N–H and O–H groups in total. The van der Waals surface area contributed by atoms with Crippen molar-refractivity contribution in [3.8, 4) is 0 Å². The van der Waals surface area contributed by atoms with Crippen LogP contribution in [0.25, 0.3) is 0 Å². The Morgan fingerprint density at radius 1 is 1.05 bits per heavy atom. The van der Waals surface area contributed by atoms with Gasteiger partial charge in [0, 0.05) is 14.3 Å². The maximum atomic E-state index is 11.4. The molecule has 0 spiro atoms. The van der Waals surface area contributed by atoms with Gasteiger partial charge < -0.3 is 9.47 Å². The molecule has 116 valence electrons. The van der Waals surface area contributed by atoms with Gasteiger partial charge in [-0.15, -0.1) is 23.5 Å². The van der Waals surface area contributed by atoms with Gasteiger partial charge in [-0.25, -0.2) is 0 Å². The van der Waals surface area contributed by atoms with Crippen molar-refractivity contribution in [1.82, 2.24) is 0 Å². The first-order valence-corrected chi connectivity index (χ1v) is 9.19. The average molecular weight is 393 g/mol. The number of thioether (sulfide) groups is 2. The predicted molar refractivity (Wildman–Crippen MR) is 88.9 cm³/mol. The van der Waals surface area contributed by atoms with E-state index in [2.05, 4.69) is 15.9 Å². The Hall–Kier alpha value is -0.660. The lowest BCUT2D eigenvalue weighted by Crippen LogP contribution is -2.07. The molecule has 0 aliphatic carbocycles. The fourth-order valence-corrected chi connectivity index (χ4v) is 3.54. The molecule has 7 heteroatoms. The van der Waals surface area contributed by atoms with E-state index in [-0.39, 0.29) is 23.4 Å². The van der Waals surface area contributed by atoms with Crippen molar-refractivity contribution < 1.29 is 19.1 Å². The number of carbonyl (C=O) groups is 2. The minimum absolute atomic E-state index is 0.230. The van der Waals surface area contributed by atoms with Gasteiger partial charge >= 0.3 is 11.9 Å². The van der Waals surface area contributed by atoms with Crippen LogP contribution >= 0.6 is 39.5 Å². The highest BCUT2D eigenvalue weighted by Gasteiger charge is 2.09. The molecule has 0 saturated heterocycles. The van der Waals surface area contributed by atoms with Crippen LogP contribution in [-0.4, -0.2) is 36.7 Å². The van der Waals surface area contributed by atoms with Crippen LogP contribution in [0.3, 0.4) is 0 Å². The average Bonchev–Trinajstić information content (AvgIpc) is 2.45. The molecule has 0 heterocycles. The molecule has 0 fully saturated rings. The fraction of sp³-hybridized carbons (Fsp3) is 0.429. The lowest BCUT2D eigenvalue weighted by Gasteiger charge is -2.07. The van der Waals surface area contributed by atoms with E-state index in [1.54, 1.807) is 13.8 Å². The van der Waals surface area contributed by atoms with Gasteiger partial charge in [-0.3, -0.25) is 9.59 Å². The van der Waals surface area contributed by atoms with E-state index in [0.717, 1.165) is 14.3 Å². The number of halogens is 1. The standard InChI is InChI=1S/C14H17BrO4S2/c1-3-18-13(16)8-20-10-5-6-11(15)12(7-10)21-9-14(17)19-4-2/h5-7H,3-4,8-9H2,1-2H3. The summed E-state index contributed by atoms with van der Waals surface area (Å²) in [6, 6.07) is 5.77. The molecule has 0 unspecified atom stereocenters. The number of carbonyl (C=O) groups excluding carboxylic acids is 2. The van der Waals surface area contributed by atoms with E-state index >= 15 is 0 Å². The SMILES string of the molecule is CCOC(=O)CSc1ccc(Br)c(SCC(=O)OCC)c1. The molecular formula is C14H17BrO4S2. The topological polar surface area (TPSA) is 52.6 Å². The molecule has 0 saturated carbocycles. The summed E-state index contributed by atoms with van der Waals surface area (Å²) in [5.74, 6) is 0.0701. The molecule has 4 nitrogen and oxygen atoms in total.